The maximum atomic E-state index is 5.24. The molecule has 1 aliphatic heterocycles. The largest absolute Gasteiger partial charge is 0.383 e. The zero-order valence-electron chi connectivity index (χ0n) is 13.7. The lowest BCUT2D eigenvalue weighted by atomic mass is 10.0. The average Bonchev–Trinajstić information content (AvgIpc) is 3.05. The van der Waals surface area contributed by atoms with E-state index in [-0.39, 0.29) is 6.04 Å². The molecule has 1 aliphatic rings. The summed E-state index contributed by atoms with van der Waals surface area (Å²) < 4.78 is 5.24. The van der Waals surface area contributed by atoms with E-state index in [4.69, 9.17) is 14.7 Å². The van der Waals surface area contributed by atoms with Gasteiger partial charge in [0.25, 0.3) is 0 Å². The minimum absolute atomic E-state index is 0.274. The summed E-state index contributed by atoms with van der Waals surface area (Å²) in [5, 5.41) is 6.08. The molecular weight excluding hydrogens is 310 g/mol. The van der Waals surface area contributed by atoms with Crippen molar-refractivity contribution < 1.29 is 4.74 Å². The predicted molar refractivity (Wildman–Crippen MR) is 92.2 cm³/mol. The minimum atomic E-state index is 0.274. The molecule has 0 amide bonds. The first-order valence-electron chi connectivity index (χ1n) is 8.01. The molecule has 7 heteroatoms. The maximum absolute atomic E-state index is 5.24. The first-order valence-corrected chi connectivity index (χ1v) is 8.89. The van der Waals surface area contributed by atoms with E-state index in [1.165, 1.54) is 12.8 Å². The molecule has 2 aromatic rings. The van der Waals surface area contributed by atoms with Crippen molar-refractivity contribution in [2.45, 2.75) is 32.2 Å². The molecule has 23 heavy (non-hydrogen) atoms. The molecular formula is C16H23N5OS. The Kier molecular flexibility index (Phi) is 5.53. The van der Waals surface area contributed by atoms with Gasteiger partial charge in [0.15, 0.2) is 5.13 Å². The number of nitrogens with one attached hydrogen (secondary N) is 1. The van der Waals surface area contributed by atoms with Gasteiger partial charge in [-0.25, -0.2) is 15.0 Å². The van der Waals surface area contributed by atoms with E-state index < -0.39 is 0 Å². The number of nitrogens with zero attached hydrogens (tertiary/aromatic N) is 4. The highest BCUT2D eigenvalue weighted by Gasteiger charge is 2.26. The summed E-state index contributed by atoms with van der Waals surface area (Å²) in [6.45, 7) is 4.77. The van der Waals surface area contributed by atoms with Crippen molar-refractivity contribution in [2.24, 2.45) is 0 Å². The Balaban J connectivity index is 1.81. The Labute approximate surface area is 140 Å². The van der Waals surface area contributed by atoms with E-state index in [9.17, 15) is 0 Å². The van der Waals surface area contributed by atoms with Crippen LogP contribution in [0, 0.1) is 6.92 Å². The zero-order valence-corrected chi connectivity index (χ0v) is 14.5. The van der Waals surface area contributed by atoms with E-state index in [1.54, 1.807) is 24.6 Å². The lowest BCUT2D eigenvalue weighted by Crippen LogP contribution is -2.36. The third kappa shape index (κ3) is 4.25. The van der Waals surface area contributed by atoms with Crippen LogP contribution in [0.4, 0.5) is 10.9 Å². The topological polar surface area (TPSA) is 63.2 Å². The third-order valence-corrected chi connectivity index (χ3v) is 4.72. The van der Waals surface area contributed by atoms with Gasteiger partial charge in [-0.05, 0) is 26.3 Å². The SMILES string of the molecule is COCCN1CCCC[C@H]1c1nc(C)cc(Nc2nccs2)n1. The summed E-state index contributed by atoms with van der Waals surface area (Å²) in [5.41, 5.74) is 0.978. The standard InChI is InChI=1S/C16H23N5OS/c1-12-11-14(20-16-17-6-10-23-16)19-15(18-12)13-5-3-4-7-21(13)8-9-22-2/h6,10-11,13H,3-5,7-9H2,1-2H3,(H,17,18,19,20)/t13-/m0/s1. The number of anilines is 2. The average molecular weight is 333 g/mol. The molecule has 0 radical (unpaired) electrons. The Morgan fingerprint density at radius 1 is 1.39 bits per heavy atom. The van der Waals surface area contributed by atoms with Crippen molar-refractivity contribution in [2.75, 3.05) is 32.1 Å². The van der Waals surface area contributed by atoms with Crippen molar-refractivity contribution in [1.82, 2.24) is 19.9 Å². The minimum Gasteiger partial charge on any atom is -0.383 e. The Morgan fingerprint density at radius 3 is 3.09 bits per heavy atom. The fourth-order valence-corrected chi connectivity index (χ4v) is 3.49. The molecule has 3 heterocycles. The molecule has 124 valence electrons. The number of rotatable bonds is 6. The molecule has 1 fully saturated rings. The molecule has 6 nitrogen and oxygen atoms in total. The smallest absolute Gasteiger partial charge is 0.188 e. The summed E-state index contributed by atoms with van der Waals surface area (Å²) in [4.78, 5) is 16.1. The van der Waals surface area contributed by atoms with Gasteiger partial charge in [-0.3, -0.25) is 4.90 Å². The highest BCUT2D eigenvalue weighted by molar-refractivity contribution is 7.13. The van der Waals surface area contributed by atoms with Gasteiger partial charge in [-0.15, -0.1) is 11.3 Å². The fourth-order valence-electron chi connectivity index (χ4n) is 2.96. The molecule has 2 aromatic heterocycles. The summed E-state index contributed by atoms with van der Waals surface area (Å²) in [6, 6.07) is 2.24. The first kappa shape index (κ1) is 16.3. The number of methoxy groups -OCH3 is 1. The molecule has 0 unspecified atom stereocenters. The molecule has 0 bridgehead atoms. The van der Waals surface area contributed by atoms with Crippen LogP contribution in [-0.4, -0.2) is 46.7 Å². The number of hydrogen-bond donors (Lipinski definition) is 1. The highest BCUT2D eigenvalue weighted by Crippen LogP contribution is 2.29. The van der Waals surface area contributed by atoms with E-state index in [2.05, 4.69) is 15.2 Å². The van der Waals surface area contributed by atoms with E-state index in [0.717, 1.165) is 48.6 Å². The highest BCUT2D eigenvalue weighted by atomic mass is 32.1. The van der Waals surface area contributed by atoms with Gasteiger partial charge in [0.2, 0.25) is 0 Å². The molecule has 0 aliphatic carbocycles. The molecule has 1 saturated heterocycles. The van der Waals surface area contributed by atoms with Crippen LogP contribution in [0.1, 0.15) is 36.8 Å². The van der Waals surface area contributed by atoms with Gasteiger partial charge in [0.05, 0.1) is 12.6 Å². The van der Waals surface area contributed by atoms with Crippen LogP contribution in [0.15, 0.2) is 17.6 Å². The van der Waals surface area contributed by atoms with Crippen LogP contribution in [0.25, 0.3) is 0 Å². The van der Waals surface area contributed by atoms with Crippen molar-refractivity contribution in [3.05, 3.63) is 29.2 Å². The lowest BCUT2D eigenvalue weighted by molar-refractivity contribution is 0.0922. The molecule has 3 rings (SSSR count). The number of likely N-dealkylation sites (tertiary alicyclic amines) is 1. The Hall–Kier alpha value is -1.57. The van der Waals surface area contributed by atoms with Gasteiger partial charge in [0.1, 0.15) is 11.6 Å². The normalized spacial score (nSPS) is 19.0. The quantitative estimate of drug-likeness (QED) is 0.876. The molecule has 1 atom stereocenters. The van der Waals surface area contributed by atoms with Crippen LogP contribution in [-0.2, 0) is 4.74 Å². The van der Waals surface area contributed by atoms with E-state index >= 15 is 0 Å². The van der Waals surface area contributed by atoms with Gasteiger partial charge < -0.3 is 10.1 Å². The second-order valence-corrected chi connectivity index (χ2v) is 6.65. The number of hydrogen-bond acceptors (Lipinski definition) is 7. The number of piperidine rings is 1. The lowest BCUT2D eigenvalue weighted by Gasteiger charge is -2.34. The van der Waals surface area contributed by atoms with Crippen molar-refractivity contribution in [1.29, 1.82) is 0 Å². The second kappa shape index (κ2) is 7.81. The number of thiazole rings is 1. The van der Waals surface area contributed by atoms with Gasteiger partial charge >= 0.3 is 0 Å². The number of aromatic nitrogens is 3. The molecule has 1 N–H and O–H groups in total. The molecule has 0 saturated carbocycles. The molecule has 0 spiro atoms. The van der Waals surface area contributed by atoms with Gasteiger partial charge in [-0.1, -0.05) is 6.42 Å². The van der Waals surface area contributed by atoms with Crippen molar-refractivity contribution in [3.63, 3.8) is 0 Å². The summed E-state index contributed by atoms with van der Waals surface area (Å²) in [5.74, 6) is 1.72. The second-order valence-electron chi connectivity index (χ2n) is 5.76. The summed E-state index contributed by atoms with van der Waals surface area (Å²) in [7, 11) is 1.75. The van der Waals surface area contributed by atoms with Crippen LogP contribution < -0.4 is 5.32 Å². The fraction of sp³-hybridized carbons (Fsp3) is 0.562. The van der Waals surface area contributed by atoms with Crippen LogP contribution in [0.3, 0.4) is 0 Å². The van der Waals surface area contributed by atoms with Crippen LogP contribution in [0.2, 0.25) is 0 Å². The van der Waals surface area contributed by atoms with Crippen LogP contribution >= 0.6 is 11.3 Å². The summed E-state index contributed by atoms with van der Waals surface area (Å²) >= 11 is 1.57. The van der Waals surface area contributed by atoms with Crippen molar-refractivity contribution >= 4 is 22.3 Å². The van der Waals surface area contributed by atoms with E-state index in [0.29, 0.717) is 0 Å². The zero-order chi connectivity index (χ0) is 16.1. The third-order valence-electron chi connectivity index (χ3n) is 4.03. The maximum Gasteiger partial charge on any atom is 0.188 e. The number of ether oxygens (including phenoxy) is 1. The van der Waals surface area contributed by atoms with E-state index in [1.807, 2.05) is 18.4 Å². The predicted octanol–water partition coefficient (Wildman–Crippen LogP) is 3.16. The summed E-state index contributed by atoms with van der Waals surface area (Å²) in [6.07, 6.45) is 5.34. The van der Waals surface area contributed by atoms with Gasteiger partial charge in [-0.2, -0.15) is 0 Å². The Bertz CT molecular complexity index is 619. The van der Waals surface area contributed by atoms with Gasteiger partial charge in [0, 0.05) is 37.0 Å². The first-order chi connectivity index (χ1) is 11.3. The Morgan fingerprint density at radius 2 is 2.30 bits per heavy atom. The van der Waals surface area contributed by atoms with Crippen LogP contribution in [0.5, 0.6) is 0 Å². The monoisotopic (exact) mass is 333 g/mol. The number of aryl methyl sites for hydroxylation is 1. The van der Waals surface area contributed by atoms with Crippen molar-refractivity contribution in [3.8, 4) is 0 Å². The molecule has 0 aromatic carbocycles.